The first-order valence-corrected chi connectivity index (χ1v) is 15.1. The van der Waals surface area contributed by atoms with Gasteiger partial charge in [0.1, 0.15) is 0 Å². The van der Waals surface area contributed by atoms with Crippen LogP contribution in [0.25, 0.3) is 22.5 Å². The minimum absolute atomic E-state index is 0. The number of nitriles is 1. The minimum atomic E-state index is -0.162. The quantitative estimate of drug-likeness (QED) is 0.134. The number of ketones is 1. The van der Waals surface area contributed by atoms with Crippen LogP contribution < -0.4 is 0 Å². The van der Waals surface area contributed by atoms with E-state index < -0.39 is 0 Å². The van der Waals surface area contributed by atoms with Crippen molar-refractivity contribution in [1.82, 2.24) is 9.97 Å². The summed E-state index contributed by atoms with van der Waals surface area (Å²) in [7, 11) is 0. The van der Waals surface area contributed by atoms with Crippen LogP contribution in [0.4, 0.5) is 0 Å². The Bertz CT molecular complexity index is 1420. The summed E-state index contributed by atoms with van der Waals surface area (Å²) in [6.45, 7) is 20.7. The van der Waals surface area contributed by atoms with E-state index >= 15 is 0 Å². The Labute approximate surface area is 273 Å². The molecule has 0 unspecified atom stereocenters. The molecule has 0 aliphatic heterocycles. The van der Waals surface area contributed by atoms with Gasteiger partial charge < -0.3 is 10.1 Å². The molecule has 0 aliphatic carbocycles. The largest absolute Gasteiger partial charge is 0.512 e. The van der Waals surface area contributed by atoms with Crippen LogP contribution in [0.5, 0.6) is 0 Å². The number of aryl methyl sites for hydroxylation is 3. The monoisotopic (exact) mass is 759 g/mol. The molecule has 0 amide bonds. The summed E-state index contributed by atoms with van der Waals surface area (Å²) in [5.41, 5.74) is 8.44. The number of carbonyl (C=O) groups is 1. The van der Waals surface area contributed by atoms with Crippen molar-refractivity contribution in [3.8, 4) is 28.6 Å². The second-order valence-corrected chi connectivity index (χ2v) is 12.1. The Kier molecular flexibility index (Phi) is 15.2. The summed E-state index contributed by atoms with van der Waals surface area (Å²) in [5, 5.41) is 18.9. The molecule has 0 spiro atoms. The van der Waals surface area contributed by atoms with Gasteiger partial charge in [-0.1, -0.05) is 68.4 Å². The van der Waals surface area contributed by atoms with Gasteiger partial charge in [-0.25, -0.2) is 0 Å². The molecule has 0 atom stereocenters. The van der Waals surface area contributed by atoms with Crippen LogP contribution in [0.15, 0.2) is 48.4 Å². The Morgan fingerprint density at radius 1 is 1.00 bits per heavy atom. The van der Waals surface area contributed by atoms with Gasteiger partial charge in [-0.15, -0.1) is 34.9 Å². The topological polar surface area (TPSA) is 86.9 Å². The number of hydrogen-bond acceptors (Lipinski definition) is 5. The van der Waals surface area contributed by atoms with Gasteiger partial charge >= 0.3 is 0 Å². The van der Waals surface area contributed by atoms with Gasteiger partial charge in [0.15, 0.2) is 5.78 Å². The van der Waals surface area contributed by atoms with Crippen LogP contribution in [-0.4, -0.2) is 20.9 Å². The van der Waals surface area contributed by atoms with Crippen molar-refractivity contribution in [2.45, 2.75) is 100 Å². The zero-order chi connectivity index (χ0) is 31.6. The van der Waals surface area contributed by atoms with Gasteiger partial charge in [0.05, 0.1) is 23.1 Å². The third-order valence-electron chi connectivity index (χ3n) is 7.60. The SMILES string of the molecule is CCC(CC)C(=O)/C=C(\O)C(CC)CC.Cc1[c-]c(-c2ncc(-c3ccc(C#N)cc3C)nc2C(C)(C)C)cc(C)c1.[Ir]. The molecule has 5 nitrogen and oxygen atoms in total. The van der Waals surface area contributed by atoms with Crippen molar-refractivity contribution in [2.24, 2.45) is 11.8 Å². The summed E-state index contributed by atoms with van der Waals surface area (Å²) in [6.07, 6.45) is 6.73. The summed E-state index contributed by atoms with van der Waals surface area (Å²) < 4.78 is 0. The predicted molar refractivity (Wildman–Crippen MR) is 173 cm³/mol. The molecule has 0 fully saturated rings. The average Bonchev–Trinajstić information content (AvgIpc) is 2.93. The van der Waals surface area contributed by atoms with Crippen LogP contribution in [0.2, 0.25) is 0 Å². The molecular formula is C37H48IrN3O2-. The summed E-state index contributed by atoms with van der Waals surface area (Å²) in [6, 6.07) is 15.5. The van der Waals surface area contributed by atoms with Crippen molar-refractivity contribution >= 4 is 5.78 Å². The van der Waals surface area contributed by atoms with E-state index in [0.717, 1.165) is 65.0 Å². The van der Waals surface area contributed by atoms with Crippen LogP contribution in [0.1, 0.15) is 102 Å². The maximum atomic E-state index is 11.7. The number of carbonyl (C=O) groups excluding carboxylic acids is 1. The fraction of sp³-hybridized carbons (Fsp3) is 0.459. The molecule has 0 saturated heterocycles. The Morgan fingerprint density at radius 3 is 2.09 bits per heavy atom. The van der Waals surface area contributed by atoms with Gasteiger partial charge in [-0.05, 0) is 55.7 Å². The second kappa shape index (κ2) is 17.2. The molecule has 0 aliphatic rings. The summed E-state index contributed by atoms with van der Waals surface area (Å²) in [5.74, 6) is 0.547. The van der Waals surface area contributed by atoms with E-state index in [1.165, 1.54) is 11.6 Å². The van der Waals surface area contributed by atoms with Crippen LogP contribution in [-0.2, 0) is 30.3 Å². The predicted octanol–water partition coefficient (Wildman–Crippen LogP) is 9.57. The number of aromatic nitrogens is 2. The molecular weight excluding hydrogens is 711 g/mol. The standard InChI is InChI=1S/C24H24N3.C13H24O2.Ir/c1-15-9-16(2)11-19(10-15)22-23(24(4,5)6)27-21(14-26-22)20-8-7-18(13-25)12-17(20)3;1-5-10(6-2)12(14)9-13(15)11(7-3)8-4;/h7-10,12,14H,1-6H3;9-11,14H,5-8H2,1-4H3;/q-1;;/b;12-9-;. The Balaban J connectivity index is 0.000000497. The minimum Gasteiger partial charge on any atom is -0.512 e. The van der Waals surface area contributed by atoms with Crippen LogP contribution >= 0.6 is 0 Å². The number of aliphatic hydroxyl groups excluding tert-OH is 1. The number of nitrogens with zero attached hydrogens (tertiary/aromatic N) is 3. The van der Waals surface area contributed by atoms with E-state index in [0.29, 0.717) is 5.56 Å². The average molecular weight is 759 g/mol. The molecule has 2 aromatic carbocycles. The van der Waals surface area contributed by atoms with Crippen molar-refractivity contribution in [3.63, 3.8) is 0 Å². The maximum absolute atomic E-state index is 11.7. The maximum Gasteiger partial charge on any atom is 0.162 e. The zero-order valence-electron chi connectivity index (χ0n) is 27.6. The first-order chi connectivity index (χ1) is 19.8. The number of hydrogen-bond donors (Lipinski definition) is 1. The fourth-order valence-electron chi connectivity index (χ4n) is 5.06. The molecule has 3 rings (SSSR count). The molecule has 3 aromatic rings. The van der Waals surface area contributed by atoms with E-state index in [4.69, 9.17) is 15.2 Å². The van der Waals surface area contributed by atoms with Crippen LogP contribution in [0.3, 0.4) is 0 Å². The molecule has 0 saturated carbocycles. The molecule has 1 heterocycles. The molecule has 1 aromatic heterocycles. The third kappa shape index (κ3) is 10.5. The van der Waals surface area contributed by atoms with Crippen LogP contribution in [0, 0.1) is 50.0 Å². The number of rotatable bonds is 9. The van der Waals surface area contributed by atoms with E-state index in [-0.39, 0.29) is 48.9 Å². The smallest absolute Gasteiger partial charge is 0.162 e. The molecule has 1 radical (unpaired) electrons. The molecule has 233 valence electrons. The molecule has 6 heteroatoms. The zero-order valence-corrected chi connectivity index (χ0v) is 30.0. The fourth-order valence-corrected chi connectivity index (χ4v) is 5.06. The molecule has 0 bridgehead atoms. The van der Waals surface area contributed by atoms with Crippen molar-refractivity contribution in [2.75, 3.05) is 0 Å². The molecule has 1 N–H and O–H groups in total. The third-order valence-corrected chi connectivity index (χ3v) is 7.60. The van der Waals surface area contributed by atoms with Gasteiger partial charge in [-0.3, -0.25) is 9.78 Å². The van der Waals surface area contributed by atoms with Crippen molar-refractivity contribution in [3.05, 3.63) is 82.4 Å². The van der Waals surface area contributed by atoms with Gasteiger partial charge in [0, 0.05) is 61.2 Å². The van der Waals surface area contributed by atoms with E-state index in [2.05, 4.69) is 58.9 Å². The Hall–Kier alpha value is -3.13. The van der Waals surface area contributed by atoms with Crippen molar-refractivity contribution < 1.29 is 30.0 Å². The number of allylic oxidation sites excluding steroid dienone is 2. The van der Waals surface area contributed by atoms with E-state index in [9.17, 15) is 9.90 Å². The van der Waals surface area contributed by atoms with E-state index in [1.807, 2.05) is 59.0 Å². The van der Waals surface area contributed by atoms with Gasteiger partial charge in [0.25, 0.3) is 0 Å². The number of aliphatic hydroxyl groups is 1. The van der Waals surface area contributed by atoms with Gasteiger partial charge in [-0.2, -0.15) is 5.26 Å². The van der Waals surface area contributed by atoms with Gasteiger partial charge in [0.2, 0.25) is 0 Å². The Morgan fingerprint density at radius 2 is 1.60 bits per heavy atom. The summed E-state index contributed by atoms with van der Waals surface area (Å²) >= 11 is 0. The second-order valence-electron chi connectivity index (χ2n) is 12.1. The first-order valence-electron chi connectivity index (χ1n) is 15.1. The van der Waals surface area contributed by atoms with E-state index in [1.54, 1.807) is 0 Å². The number of benzene rings is 2. The molecule has 43 heavy (non-hydrogen) atoms. The van der Waals surface area contributed by atoms with Crippen molar-refractivity contribution in [1.29, 1.82) is 5.26 Å². The first kappa shape index (κ1) is 37.9. The normalized spacial score (nSPS) is 11.5. The summed E-state index contributed by atoms with van der Waals surface area (Å²) in [4.78, 5) is 21.5.